The number of hydrogen-bond acceptors (Lipinski definition) is 5. The maximum Gasteiger partial charge on any atom is 0.315 e. The predicted octanol–water partition coefficient (Wildman–Crippen LogP) is 5.40. The molecule has 2 aromatic carbocycles. The SMILES string of the molecule is CC1=NC2=C(C(=O)C[C@@H](c3ccccc3)C2)[C@@H](c2cccnc2)C1C(=O)OCc1ccccc1. The number of rotatable bonds is 5. The quantitative estimate of drug-likeness (QED) is 0.488. The Morgan fingerprint density at radius 1 is 0.941 bits per heavy atom. The molecule has 3 aromatic rings. The van der Waals surface area contributed by atoms with Crippen LogP contribution >= 0.6 is 0 Å². The molecule has 0 bridgehead atoms. The van der Waals surface area contributed by atoms with E-state index in [1.807, 2.05) is 67.6 Å². The Bertz CT molecular complexity index is 1250. The molecule has 5 heteroatoms. The van der Waals surface area contributed by atoms with Gasteiger partial charge in [0.1, 0.15) is 12.5 Å². The van der Waals surface area contributed by atoms with E-state index in [-0.39, 0.29) is 24.3 Å². The molecule has 1 aliphatic carbocycles. The highest BCUT2D eigenvalue weighted by atomic mass is 16.5. The van der Waals surface area contributed by atoms with Crippen LogP contribution in [0.2, 0.25) is 0 Å². The zero-order valence-electron chi connectivity index (χ0n) is 19.1. The van der Waals surface area contributed by atoms with Crippen molar-refractivity contribution in [1.29, 1.82) is 0 Å². The highest BCUT2D eigenvalue weighted by molar-refractivity contribution is 6.09. The van der Waals surface area contributed by atoms with Gasteiger partial charge < -0.3 is 4.74 Å². The highest BCUT2D eigenvalue weighted by Gasteiger charge is 2.44. The number of carbonyl (C=O) groups excluding carboxylic acids is 2. The number of nitrogens with zero attached hydrogens (tertiary/aromatic N) is 2. The molecule has 0 spiro atoms. The maximum absolute atomic E-state index is 13.6. The lowest BCUT2D eigenvalue weighted by atomic mass is 9.69. The fraction of sp³-hybridized carbons (Fsp3) is 0.241. The van der Waals surface area contributed by atoms with Crippen LogP contribution in [0.15, 0.2) is 101 Å². The lowest BCUT2D eigenvalue weighted by Gasteiger charge is -2.36. The average Bonchev–Trinajstić information content (AvgIpc) is 2.88. The van der Waals surface area contributed by atoms with Gasteiger partial charge in [0, 0.05) is 41.7 Å². The highest BCUT2D eigenvalue weighted by Crippen LogP contribution is 2.46. The number of ether oxygens (including phenoxy) is 1. The zero-order valence-corrected chi connectivity index (χ0v) is 19.1. The number of hydrogen-bond donors (Lipinski definition) is 0. The van der Waals surface area contributed by atoms with Crippen molar-refractivity contribution in [3.8, 4) is 0 Å². The van der Waals surface area contributed by atoms with E-state index in [1.54, 1.807) is 12.4 Å². The van der Waals surface area contributed by atoms with Crippen molar-refractivity contribution in [3.05, 3.63) is 113 Å². The van der Waals surface area contributed by atoms with Crippen LogP contribution in [0, 0.1) is 5.92 Å². The van der Waals surface area contributed by atoms with Gasteiger partial charge in [-0.15, -0.1) is 0 Å². The summed E-state index contributed by atoms with van der Waals surface area (Å²) in [6.07, 6.45) is 4.51. The molecule has 1 aromatic heterocycles. The van der Waals surface area contributed by atoms with Gasteiger partial charge in [0.25, 0.3) is 0 Å². The van der Waals surface area contributed by atoms with Gasteiger partial charge in [-0.05, 0) is 42.0 Å². The Morgan fingerprint density at radius 3 is 2.35 bits per heavy atom. The van der Waals surface area contributed by atoms with Crippen molar-refractivity contribution in [2.24, 2.45) is 10.9 Å². The number of esters is 1. The van der Waals surface area contributed by atoms with E-state index in [4.69, 9.17) is 9.73 Å². The average molecular weight is 451 g/mol. The van der Waals surface area contributed by atoms with E-state index in [0.29, 0.717) is 24.1 Å². The number of ketones is 1. The van der Waals surface area contributed by atoms with Crippen molar-refractivity contribution in [1.82, 2.24) is 4.98 Å². The number of allylic oxidation sites excluding steroid dienone is 2. The van der Waals surface area contributed by atoms with E-state index in [0.717, 1.165) is 22.4 Å². The van der Waals surface area contributed by atoms with Gasteiger partial charge in [0.05, 0.1) is 0 Å². The van der Waals surface area contributed by atoms with Crippen LogP contribution in [0.25, 0.3) is 0 Å². The molecule has 1 unspecified atom stereocenters. The predicted molar refractivity (Wildman–Crippen MR) is 130 cm³/mol. The minimum atomic E-state index is -0.663. The van der Waals surface area contributed by atoms with Crippen LogP contribution in [0.3, 0.4) is 0 Å². The lowest BCUT2D eigenvalue weighted by Crippen LogP contribution is -2.38. The molecule has 0 radical (unpaired) electrons. The molecule has 2 aliphatic rings. The molecule has 1 aliphatic heterocycles. The largest absolute Gasteiger partial charge is 0.460 e. The van der Waals surface area contributed by atoms with Gasteiger partial charge in [-0.2, -0.15) is 0 Å². The normalized spacial score (nSPS) is 22.1. The summed E-state index contributed by atoms with van der Waals surface area (Å²) in [6.45, 7) is 2.04. The first-order chi connectivity index (χ1) is 16.6. The third-order valence-corrected chi connectivity index (χ3v) is 6.68. The molecule has 2 heterocycles. The fourth-order valence-corrected chi connectivity index (χ4v) is 5.06. The second-order valence-electron chi connectivity index (χ2n) is 8.89. The lowest BCUT2D eigenvalue weighted by molar-refractivity contribution is -0.148. The monoisotopic (exact) mass is 450 g/mol. The molecule has 5 rings (SSSR count). The number of pyridine rings is 1. The Kier molecular flexibility index (Phi) is 6.17. The van der Waals surface area contributed by atoms with Crippen LogP contribution in [0.4, 0.5) is 0 Å². The van der Waals surface area contributed by atoms with Crippen molar-refractivity contribution >= 4 is 17.5 Å². The summed E-state index contributed by atoms with van der Waals surface area (Å²) in [7, 11) is 0. The number of aliphatic imine (C=N–C) groups is 1. The number of carbonyl (C=O) groups is 2. The van der Waals surface area contributed by atoms with Crippen LogP contribution in [0.1, 0.15) is 48.3 Å². The van der Waals surface area contributed by atoms with Crippen molar-refractivity contribution < 1.29 is 14.3 Å². The molecule has 0 saturated carbocycles. The topological polar surface area (TPSA) is 68.6 Å². The molecule has 0 N–H and O–H groups in total. The molecule has 170 valence electrons. The van der Waals surface area contributed by atoms with Crippen LogP contribution in [-0.2, 0) is 20.9 Å². The van der Waals surface area contributed by atoms with Crippen LogP contribution in [0.5, 0.6) is 0 Å². The van der Waals surface area contributed by atoms with Gasteiger partial charge in [-0.1, -0.05) is 66.7 Å². The molecular formula is C29H26N2O3. The van der Waals surface area contributed by atoms with Gasteiger partial charge in [0.2, 0.25) is 0 Å². The molecule has 5 nitrogen and oxygen atoms in total. The summed E-state index contributed by atoms with van der Waals surface area (Å²) in [6, 6.07) is 23.4. The minimum Gasteiger partial charge on any atom is -0.460 e. The van der Waals surface area contributed by atoms with E-state index in [1.165, 1.54) is 0 Å². The first-order valence-corrected chi connectivity index (χ1v) is 11.6. The number of aromatic nitrogens is 1. The van der Waals surface area contributed by atoms with Crippen LogP contribution < -0.4 is 0 Å². The second kappa shape index (κ2) is 9.56. The molecule has 3 atom stereocenters. The molecule has 0 amide bonds. The smallest absolute Gasteiger partial charge is 0.315 e. The maximum atomic E-state index is 13.6. The first kappa shape index (κ1) is 22.0. The van der Waals surface area contributed by atoms with Crippen molar-refractivity contribution in [3.63, 3.8) is 0 Å². The van der Waals surface area contributed by atoms with Crippen molar-refractivity contribution in [2.75, 3.05) is 0 Å². The Balaban J connectivity index is 1.49. The summed E-state index contributed by atoms with van der Waals surface area (Å²) in [5, 5.41) is 0. The van der Waals surface area contributed by atoms with Gasteiger partial charge >= 0.3 is 5.97 Å². The summed E-state index contributed by atoms with van der Waals surface area (Å²) in [5.41, 5.74) is 4.97. The van der Waals surface area contributed by atoms with Crippen molar-refractivity contribution in [2.45, 2.75) is 38.2 Å². The first-order valence-electron chi connectivity index (χ1n) is 11.6. The molecule has 0 fully saturated rings. The second-order valence-corrected chi connectivity index (χ2v) is 8.89. The van der Waals surface area contributed by atoms with E-state index in [9.17, 15) is 9.59 Å². The molecule has 34 heavy (non-hydrogen) atoms. The van der Waals surface area contributed by atoms with Gasteiger partial charge in [0.15, 0.2) is 5.78 Å². The standard InChI is InChI=1S/C29H26N2O3/c1-19-26(29(33)34-18-20-9-4-2-5-10-20)27(22-13-8-14-30-17-22)28-24(31-19)15-23(16-25(28)32)21-11-6-3-7-12-21/h2-14,17,23,26-27H,15-16,18H2,1H3/t23-,26?,27-/m0/s1. The fourth-order valence-electron chi connectivity index (χ4n) is 5.06. The Hall–Kier alpha value is -3.86. The van der Waals surface area contributed by atoms with Gasteiger partial charge in [-0.25, -0.2) is 0 Å². The van der Waals surface area contributed by atoms with Gasteiger partial charge in [-0.3, -0.25) is 19.6 Å². The van der Waals surface area contributed by atoms with E-state index >= 15 is 0 Å². The van der Waals surface area contributed by atoms with E-state index < -0.39 is 11.8 Å². The Morgan fingerprint density at radius 2 is 1.65 bits per heavy atom. The third-order valence-electron chi connectivity index (χ3n) is 6.68. The molecule has 0 saturated heterocycles. The summed E-state index contributed by atoms with van der Waals surface area (Å²) in [5.74, 6) is -1.36. The number of benzene rings is 2. The van der Waals surface area contributed by atoms with Crippen LogP contribution in [-0.4, -0.2) is 22.4 Å². The van der Waals surface area contributed by atoms with E-state index in [2.05, 4.69) is 17.1 Å². The number of Topliss-reactive ketones (excluding diaryl/α,β-unsaturated/α-hetero) is 1. The summed E-state index contributed by atoms with van der Waals surface area (Å²) >= 11 is 0. The third kappa shape index (κ3) is 4.34. The molecular weight excluding hydrogens is 424 g/mol. The zero-order chi connectivity index (χ0) is 23.5. The summed E-state index contributed by atoms with van der Waals surface area (Å²) in [4.78, 5) is 36.0. The Labute approximate surface area is 199 Å². The minimum absolute atomic E-state index is 0.0427. The summed E-state index contributed by atoms with van der Waals surface area (Å²) < 4.78 is 5.72.